The normalized spacial score (nSPS) is 11.2. The summed E-state index contributed by atoms with van der Waals surface area (Å²) in [6, 6.07) is 12.4. The molecular weight excluding hydrogens is 437 g/mol. The summed E-state index contributed by atoms with van der Waals surface area (Å²) in [4.78, 5) is 35.3. The van der Waals surface area contributed by atoms with Crippen molar-refractivity contribution in [2.24, 2.45) is 0 Å². The number of nitrogens with one attached hydrogen (secondary N) is 2. The third kappa shape index (κ3) is 3.65. The Hall–Kier alpha value is -4.24. The first-order valence-corrected chi connectivity index (χ1v) is 9.73. The Kier molecular flexibility index (Phi) is 4.60. The molecule has 3 N–H and O–H groups in total. The molecule has 0 saturated heterocycles. The Labute approximate surface area is 184 Å². The van der Waals surface area contributed by atoms with Crippen LogP contribution in [0.25, 0.3) is 27.8 Å². The zero-order valence-electron chi connectivity index (χ0n) is 16.1. The number of aromatic carboxylic acids is 1. The van der Waals surface area contributed by atoms with Gasteiger partial charge in [-0.15, -0.1) is 0 Å². The molecule has 0 unspecified atom stereocenters. The maximum atomic E-state index is 13.7. The number of halogens is 2. The van der Waals surface area contributed by atoms with E-state index in [0.717, 1.165) is 5.56 Å². The van der Waals surface area contributed by atoms with Gasteiger partial charge in [0.2, 0.25) is 5.95 Å². The number of fused-ring (bicyclic) bond motifs is 2. The highest BCUT2D eigenvalue weighted by molar-refractivity contribution is 6.30. The van der Waals surface area contributed by atoms with Gasteiger partial charge in [0, 0.05) is 17.4 Å². The van der Waals surface area contributed by atoms with Crippen molar-refractivity contribution in [1.29, 1.82) is 0 Å². The Morgan fingerprint density at radius 2 is 1.91 bits per heavy atom. The second-order valence-electron chi connectivity index (χ2n) is 7.04. The molecule has 3 aromatic heterocycles. The van der Waals surface area contributed by atoms with Gasteiger partial charge in [0.05, 0.1) is 16.6 Å². The Balaban J connectivity index is 1.42. The van der Waals surface area contributed by atoms with Crippen molar-refractivity contribution in [2.45, 2.75) is 0 Å². The minimum Gasteiger partial charge on any atom is -0.478 e. The van der Waals surface area contributed by atoms with E-state index in [4.69, 9.17) is 16.7 Å². The molecule has 8 nitrogen and oxygen atoms in total. The molecule has 0 aliphatic carbocycles. The van der Waals surface area contributed by atoms with Crippen LogP contribution in [0.2, 0.25) is 5.02 Å². The summed E-state index contributed by atoms with van der Waals surface area (Å²) in [5.41, 5.74) is 3.07. The number of pyridine rings is 1. The highest BCUT2D eigenvalue weighted by atomic mass is 35.5. The number of carboxylic acids is 1. The monoisotopic (exact) mass is 449 g/mol. The van der Waals surface area contributed by atoms with E-state index in [-0.39, 0.29) is 22.2 Å². The van der Waals surface area contributed by atoms with Gasteiger partial charge in [0.1, 0.15) is 17.2 Å². The number of carbonyl (C=O) groups is 2. The van der Waals surface area contributed by atoms with Gasteiger partial charge in [0.15, 0.2) is 0 Å². The van der Waals surface area contributed by atoms with Crippen LogP contribution in [-0.4, -0.2) is 36.3 Å². The van der Waals surface area contributed by atoms with Crippen LogP contribution in [0.1, 0.15) is 20.8 Å². The number of rotatable bonds is 4. The van der Waals surface area contributed by atoms with Gasteiger partial charge < -0.3 is 14.5 Å². The molecule has 5 aromatic rings. The molecule has 5 rings (SSSR count). The van der Waals surface area contributed by atoms with Gasteiger partial charge in [-0.05, 0) is 53.6 Å². The van der Waals surface area contributed by atoms with Gasteiger partial charge in [-0.25, -0.2) is 19.2 Å². The number of anilines is 1. The SMILES string of the molecule is O=C(O)c1ccn2cc(C(=O)Nc3nc4cc(-c5cc(F)cc(Cl)c5)ccc4[nH]3)nc2c1. The van der Waals surface area contributed by atoms with Crippen LogP contribution in [-0.2, 0) is 0 Å². The summed E-state index contributed by atoms with van der Waals surface area (Å²) >= 11 is 5.95. The van der Waals surface area contributed by atoms with Gasteiger partial charge in [-0.2, -0.15) is 0 Å². The minimum atomic E-state index is -1.08. The molecule has 0 bridgehead atoms. The second kappa shape index (κ2) is 7.47. The number of hydrogen-bond donors (Lipinski definition) is 3. The molecule has 0 spiro atoms. The molecule has 10 heteroatoms. The predicted molar refractivity (Wildman–Crippen MR) is 117 cm³/mol. The zero-order chi connectivity index (χ0) is 22.4. The Bertz CT molecular complexity index is 1520. The number of H-pyrrole nitrogens is 1. The van der Waals surface area contributed by atoms with Crippen molar-refractivity contribution in [3.8, 4) is 11.1 Å². The lowest BCUT2D eigenvalue weighted by molar-refractivity contribution is 0.0696. The molecule has 3 heterocycles. The maximum Gasteiger partial charge on any atom is 0.335 e. The number of aromatic amines is 1. The van der Waals surface area contributed by atoms with Gasteiger partial charge in [0.25, 0.3) is 5.91 Å². The average Bonchev–Trinajstić information content (AvgIpc) is 3.35. The Morgan fingerprint density at radius 3 is 2.69 bits per heavy atom. The first-order chi connectivity index (χ1) is 15.4. The molecule has 158 valence electrons. The maximum absolute atomic E-state index is 13.7. The topological polar surface area (TPSA) is 112 Å². The van der Waals surface area contributed by atoms with E-state index in [2.05, 4.69) is 20.3 Å². The number of carboxylic acid groups (broad SMARTS) is 1. The molecule has 1 amide bonds. The predicted octanol–water partition coefficient (Wildman–Crippen LogP) is 4.62. The van der Waals surface area contributed by atoms with Crippen LogP contribution in [0.5, 0.6) is 0 Å². The van der Waals surface area contributed by atoms with Crippen molar-refractivity contribution < 1.29 is 19.1 Å². The Morgan fingerprint density at radius 1 is 1.06 bits per heavy atom. The lowest BCUT2D eigenvalue weighted by Crippen LogP contribution is -2.13. The summed E-state index contributed by atoms with van der Waals surface area (Å²) in [5.74, 6) is -1.82. The quantitative estimate of drug-likeness (QED) is 0.370. The summed E-state index contributed by atoms with van der Waals surface area (Å²) in [6.45, 7) is 0. The van der Waals surface area contributed by atoms with Gasteiger partial charge in [-0.1, -0.05) is 17.7 Å². The molecule has 0 atom stereocenters. The third-order valence-electron chi connectivity index (χ3n) is 4.85. The van der Waals surface area contributed by atoms with E-state index < -0.39 is 17.7 Å². The molecule has 0 fully saturated rings. The van der Waals surface area contributed by atoms with Crippen LogP contribution >= 0.6 is 11.6 Å². The van der Waals surface area contributed by atoms with Crippen LogP contribution in [0.15, 0.2) is 60.9 Å². The summed E-state index contributed by atoms with van der Waals surface area (Å²) < 4.78 is 15.2. The molecule has 2 aromatic carbocycles. The minimum absolute atomic E-state index is 0.0720. The van der Waals surface area contributed by atoms with Crippen molar-refractivity contribution in [1.82, 2.24) is 19.4 Å². The van der Waals surface area contributed by atoms with Crippen LogP contribution in [0.3, 0.4) is 0 Å². The second-order valence-corrected chi connectivity index (χ2v) is 7.48. The fourth-order valence-corrected chi connectivity index (χ4v) is 3.58. The van der Waals surface area contributed by atoms with Gasteiger partial charge >= 0.3 is 5.97 Å². The first-order valence-electron chi connectivity index (χ1n) is 9.35. The van der Waals surface area contributed by atoms with E-state index in [1.807, 2.05) is 0 Å². The lowest BCUT2D eigenvalue weighted by Gasteiger charge is -2.03. The van der Waals surface area contributed by atoms with E-state index >= 15 is 0 Å². The van der Waals surface area contributed by atoms with E-state index in [1.54, 1.807) is 28.7 Å². The smallest absolute Gasteiger partial charge is 0.335 e. The fourth-order valence-electron chi connectivity index (χ4n) is 3.36. The third-order valence-corrected chi connectivity index (χ3v) is 5.07. The number of benzene rings is 2. The van der Waals surface area contributed by atoms with Crippen molar-refractivity contribution in [3.63, 3.8) is 0 Å². The molecule has 0 saturated carbocycles. The summed E-state index contributed by atoms with van der Waals surface area (Å²) in [6.07, 6.45) is 3.01. The van der Waals surface area contributed by atoms with Crippen molar-refractivity contribution in [3.05, 3.63) is 83.0 Å². The molecule has 0 aliphatic heterocycles. The number of imidazole rings is 2. The number of carbonyl (C=O) groups excluding carboxylic acids is 1. The average molecular weight is 450 g/mol. The number of hydrogen-bond acceptors (Lipinski definition) is 4. The van der Waals surface area contributed by atoms with Crippen molar-refractivity contribution >= 4 is 46.1 Å². The zero-order valence-corrected chi connectivity index (χ0v) is 16.9. The molecular formula is C22H13ClFN5O3. The first kappa shape index (κ1) is 19.7. The molecule has 32 heavy (non-hydrogen) atoms. The van der Waals surface area contributed by atoms with Crippen LogP contribution in [0, 0.1) is 5.82 Å². The largest absolute Gasteiger partial charge is 0.478 e. The van der Waals surface area contributed by atoms with Crippen LogP contribution in [0.4, 0.5) is 10.3 Å². The molecule has 0 radical (unpaired) electrons. The van der Waals surface area contributed by atoms with Gasteiger partial charge in [-0.3, -0.25) is 10.1 Å². The number of amides is 1. The highest BCUT2D eigenvalue weighted by Crippen LogP contribution is 2.27. The van der Waals surface area contributed by atoms with E-state index in [0.29, 0.717) is 22.2 Å². The van der Waals surface area contributed by atoms with E-state index in [9.17, 15) is 14.0 Å². The lowest BCUT2D eigenvalue weighted by atomic mass is 10.1. The van der Waals surface area contributed by atoms with Crippen LogP contribution < -0.4 is 5.32 Å². The summed E-state index contributed by atoms with van der Waals surface area (Å²) in [7, 11) is 0. The van der Waals surface area contributed by atoms with Crippen molar-refractivity contribution in [2.75, 3.05) is 5.32 Å². The highest BCUT2D eigenvalue weighted by Gasteiger charge is 2.15. The van der Waals surface area contributed by atoms with E-state index in [1.165, 1.54) is 36.7 Å². The molecule has 0 aliphatic rings. The number of aromatic nitrogens is 4. The number of nitrogens with zero attached hydrogens (tertiary/aromatic N) is 3. The standard InChI is InChI=1S/C22H13ClFN5O3/c23-14-5-13(6-15(24)9-14)11-1-2-16-17(7-11)27-22(26-16)28-20(30)18-10-29-4-3-12(21(31)32)8-19(29)25-18/h1-10H,(H,31,32)(H2,26,27,28,30). The summed E-state index contributed by atoms with van der Waals surface area (Å²) in [5, 5.41) is 12.0. The fraction of sp³-hybridized carbons (Fsp3) is 0.